The number of benzene rings is 1. The zero-order valence-corrected chi connectivity index (χ0v) is 10.7. The van der Waals surface area contributed by atoms with Crippen molar-refractivity contribution < 1.29 is 14.3 Å². The summed E-state index contributed by atoms with van der Waals surface area (Å²) in [5.74, 6) is -0.495. The number of carbonyl (C=O) groups excluding carboxylic acids is 2. The number of hydrogen-bond acceptors (Lipinski definition) is 3. The van der Waals surface area contributed by atoms with Crippen molar-refractivity contribution in [2.24, 2.45) is 0 Å². The van der Waals surface area contributed by atoms with Crippen LogP contribution in [0.5, 0.6) is 0 Å². The van der Waals surface area contributed by atoms with Gasteiger partial charge in [0.05, 0.1) is 19.2 Å². The Kier molecular flexibility index (Phi) is 3.19. The summed E-state index contributed by atoms with van der Waals surface area (Å²) in [5, 5.41) is 0. The average molecular weight is 245 g/mol. The van der Waals surface area contributed by atoms with Crippen molar-refractivity contribution in [1.29, 1.82) is 0 Å². The molecule has 0 unspecified atom stereocenters. The molecule has 0 bridgehead atoms. The summed E-state index contributed by atoms with van der Waals surface area (Å²) in [6.45, 7) is 3.88. The highest BCUT2D eigenvalue weighted by Gasteiger charge is 2.36. The standard InChI is InChI=1S/C14H15NO3/c1-9-4-6-11(7-5-9)8-15-13(16)10(2)12(18-3)14(15)17/h4-7H,8H2,1-3H3. The van der Waals surface area contributed by atoms with E-state index in [2.05, 4.69) is 0 Å². The molecule has 1 heterocycles. The van der Waals surface area contributed by atoms with Gasteiger partial charge in [-0.15, -0.1) is 0 Å². The van der Waals surface area contributed by atoms with E-state index in [4.69, 9.17) is 4.74 Å². The molecule has 0 fully saturated rings. The Morgan fingerprint density at radius 3 is 2.17 bits per heavy atom. The van der Waals surface area contributed by atoms with Gasteiger partial charge >= 0.3 is 0 Å². The summed E-state index contributed by atoms with van der Waals surface area (Å²) in [6, 6.07) is 7.74. The van der Waals surface area contributed by atoms with E-state index in [1.54, 1.807) is 6.92 Å². The van der Waals surface area contributed by atoms with Gasteiger partial charge in [-0.1, -0.05) is 29.8 Å². The maximum atomic E-state index is 12.0. The molecule has 0 atom stereocenters. The molecular weight excluding hydrogens is 230 g/mol. The van der Waals surface area contributed by atoms with Crippen LogP contribution in [0.15, 0.2) is 35.6 Å². The van der Waals surface area contributed by atoms with E-state index in [0.717, 1.165) is 11.1 Å². The molecule has 2 amide bonds. The van der Waals surface area contributed by atoms with Gasteiger partial charge in [0.2, 0.25) is 0 Å². The monoisotopic (exact) mass is 245 g/mol. The van der Waals surface area contributed by atoms with Crippen LogP contribution >= 0.6 is 0 Å². The Morgan fingerprint density at radius 1 is 1.06 bits per heavy atom. The van der Waals surface area contributed by atoms with Crippen LogP contribution in [-0.2, 0) is 20.9 Å². The molecule has 0 spiro atoms. The van der Waals surface area contributed by atoms with E-state index in [-0.39, 0.29) is 24.1 Å². The Morgan fingerprint density at radius 2 is 1.67 bits per heavy atom. The summed E-state index contributed by atoms with van der Waals surface area (Å²) in [7, 11) is 1.40. The Bertz CT molecular complexity index is 528. The van der Waals surface area contributed by atoms with Gasteiger partial charge in [-0.25, -0.2) is 0 Å². The first-order valence-electron chi connectivity index (χ1n) is 5.71. The van der Waals surface area contributed by atoms with Gasteiger partial charge in [0.1, 0.15) is 0 Å². The quantitative estimate of drug-likeness (QED) is 0.763. The van der Waals surface area contributed by atoms with Gasteiger partial charge in [0.25, 0.3) is 11.8 Å². The van der Waals surface area contributed by atoms with Gasteiger partial charge < -0.3 is 4.74 Å². The van der Waals surface area contributed by atoms with E-state index in [1.165, 1.54) is 12.0 Å². The van der Waals surface area contributed by atoms with Crippen molar-refractivity contribution in [2.75, 3.05) is 7.11 Å². The van der Waals surface area contributed by atoms with Gasteiger partial charge in [0.15, 0.2) is 5.76 Å². The average Bonchev–Trinajstić information content (AvgIpc) is 2.56. The molecule has 1 aromatic carbocycles. The summed E-state index contributed by atoms with van der Waals surface area (Å²) >= 11 is 0. The second-order valence-corrected chi connectivity index (χ2v) is 4.34. The highest BCUT2D eigenvalue weighted by atomic mass is 16.5. The minimum absolute atomic E-state index is 0.145. The first-order valence-corrected chi connectivity index (χ1v) is 5.71. The lowest BCUT2D eigenvalue weighted by molar-refractivity contribution is -0.139. The molecule has 18 heavy (non-hydrogen) atoms. The van der Waals surface area contributed by atoms with Crippen LogP contribution in [0.4, 0.5) is 0 Å². The van der Waals surface area contributed by atoms with Gasteiger partial charge in [0, 0.05) is 0 Å². The number of ether oxygens (including phenoxy) is 1. The lowest BCUT2D eigenvalue weighted by Crippen LogP contribution is -2.31. The summed E-state index contributed by atoms with van der Waals surface area (Å²) in [4.78, 5) is 25.1. The van der Waals surface area contributed by atoms with Crippen molar-refractivity contribution in [3.8, 4) is 0 Å². The van der Waals surface area contributed by atoms with E-state index >= 15 is 0 Å². The van der Waals surface area contributed by atoms with E-state index < -0.39 is 0 Å². The third-order valence-corrected chi connectivity index (χ3v) is 3.01. The van der Waals surface area contributed by atoms with Gasteiger partial charge in [-0.05, 0) is 19.4 Å². The molecule has 0 N–H and O–H groups in total. The topological polar surface area (TPSA) is 46.6 Å². The van der Waals surface area contributed by atoms with Crippen molar-refractivity contribution in [1.82, 2.24) is 4.90 Å². The van der Waals surface area contributed by atoms with Crippen LogP contribution in [0.2, 0.25) is 0 Å². The molecule has 4 heteroatoms. The fourth-order valence-electron chi connectivity index (χ4n) is 1.93. The first-order chi connectivity index (χ1) is 8.54. The Balaban J connectivity index is 2.20. The van der Waals surface area contributed by atoms with E-state index in [0.29, 0.717) is 5.57 Å². The highest BCUT2D eigenvalue weighted by Crippen LogP contribution is 2.22. The molecule has 94 valence electrons. The number of nitrogens with zero attached hydrogens (tertiary/aromatic N) is 1. The zero-order valence-electron chi connectivity index (χ0n) is 10.7. The van der Waals surface area contributed by atoms with Crippen LogP contribution in [0.1, 0.15) is 18.1 Å². The van der Waals surface area contributed by atoms with Crippen LogP contribution < -0.4 is 0 Å². The minimum atomic E-state index is -0.361. The van der Waals surface area contributed by atoms with Crippen molar-refractivity contribution in [3.63, 3.8) is 0 Å². The molecule has 1 aliphatic heterocycles. The van der Waals surface area contributed by atoms with Gasteiger partial charge in [-0.3, -0.25) is 14.5 Å². The smallest absolute Gasteiger partial charge is 0.296 e. The lowest BCUT2D eigenvalue weighted by atomic mass is 10.1. The fraction of sp³-hybridized carbons (Fsp3) is 0.286. The van der Waals surface area contributed by atoms with E-state index in [9.17, 15) is 9.59 Å². The van der Waals surface area contributed by atoms with Crippen LogP contribution in [0.3, 0.4) is 0 Å². The molecule has 1 aliphatic rings. The molecule has 0 aromatic heterocycles. The SMILES string of the molecule is COC1=C(C)C(=O)N(Cc2ccc(C)cc2)C1=O. The molecule has 0 saturated heterocycles. The molecule has 1 aromatic rings. The predicted molar refractivity (Wildman–Crippen MR) is 66.4 cm³/mol. The molecule has 4 nitrogen and oxygen atoms in total. The summed E-state index contributed by atoms with van der Waals surface area (Å²) in [5.41, 5.74) is 2.44. The second-order valence-electron chi connectivity index (χ2n) is 4.34. The number of aryl methyl sites for hydroxylation is 1. The molecular formula is C14H15NO3. The number of rotatable bonds is 3. The summed E-state index contributed by atoms with van der Waals surface area (Å²) < 4.78 is 4.96. The van der Waals surface area contributed by atoms with Gasteiger partial charge in [-0.2, -0.15) is 0 Å². The predicted octanol–water partition coefficient (Wildman–Crippen LogP) is 1.78. The number of methoxy groups -OCH3 is 1. The fourth-order valence-corrected chi connectivity index (χ4v) is 1.93. The Labute approximate surface area is 106 Å². The third-order valence-electron chi connectivity index (χ3n) is 3.01. The number of amides is 2. The first kappa shape index (κ1) is 12.4. The molecule has 0 radical (unpaired) electrons. The largest absolute Gasteiger partial charge is 0.491 e. The normalized spacial score (nSPS) is 15.6. The third kappa shape index (κ3) is 2.01. The number of hydrogen-bond donors (Lipinski definition) is 0. The molecule has 0 saturated carbocycles. The van der Waals surface area contributed by atoms with Crippen molar-refractivity contribution >= 4 is 11.8 Å². The van der Waals surface area contributed by atoms with Crippen molar-refractivity contribution in [3.05, 3.63) is 46.7 Å². The Hall–Kier alpha value is -2.10. The lowest BCUT2D eigenvalue weighted by Gasteiger charge is -2.14. The maximum Gasteiger partial charge on any atom is 0.296 e. The summed E-state index contributed by atoms with van der Waals surface area (Å²) in [6.07, 6.45) is 0. The number of imide groups is 1. The van der Waals surface area contributed by atoms with Crippen LogP contribution in [-0.4, -0.2) is 23.8 Å². The van der Waals surface area contributed by atoms with Crippen LogP contribution in [0, 0.1) is 6.92 Å². The van der Waals surface area contributed by atoms with Crippen LogP contribution in [0.25, 0.3) is 0 Å². The highest BCUT2D eigenvalue weighted by molar-refractivity contribution is 6.17. The number of carbonyl (C=O) groups is 2. The van der Waals surface area contributed by atoms with Crippen molar-refractivity contribution in [2.45, 2.75) is 20.4 Å². The molecule has 2 rings (SSSR count). The maximum absolute atomic E-state index is 12.0. The zero-order chi connectivity index (χ0) is 13.3. The minimum Gasteiger partial charge on any atom is -0.491 e. The van der Waals surface area contributed by atoms with E-state index in [1.807, 2.05) is 31.2 Å². The second kappa shape index (κ2) is 4.64. The molecule has 0 aliphatic carbocycles.